The van der Waals surface area contributed by atoms with E-state index in [0.29, 0.717) is 0 Å². The Labute approximate surface area is 139 Å². The Morgan fingerprint density at radius 3 is 2.48 bits per heavy atom. The molecule has 122 valence electrons. The molecule has 1 unspecified atom stereocenters. The highest BCUT2D eigenvalue weighted by Gasteiger charge is 2.34. The van der Waals surface area contributed by atoms with E-state index in [-0.39, 0.29) is 11.6 Å². The highest BCUT2D eigenvalue weighted by Crippen LogP contribution is 2.37. The summed E-state index contributed by atoms with van der Waals surface area (Å²) in [6.45, 7) is 5.44. The van der Waals surface area contributed by atoms with Gasteiger partial charge in [0.25, 0.3) is 0 Å². The van der Waals surface area contributed by atoms with Crippen LogP contribution >= 0.6 is 0 Å². The van der Waals surface area contributed by atoms with Gasteiger partial charge in [-0.15, -0.1) is 0 Å². The van der Waals surface area contributed by atoms with Gasteiger partial charge in [-0.25, -0.2) is 0 Å². The molecule has 0 amide bonds. The zero-order valence-electron chi connectivity index (χ0n) is 14.2. The van der Waals surface area contributed by atoms with Gasteiger partial charge >= 0.3 is 0 Å². The zero-order valence-corrected chi connectivity index (χ0v) is 14.2. The summed E-state index contributed by atoms with van der Waals surface area (Å²) in [5.74, 6) is 0.892. The second-order valence-electron chi connectivity index (χ2n) is 6.28. The highest BCUT2D eigenvalue weighted by atomic mass is 16.5. The number of hydrogen-bond donors (Lipinski definition) is 2. The lowest BCUT2D eigenvalue weighted by Crippen LogP contribution is -2.49. The summed E-state index contributed by atoms with van der Waals surface area (Å²) < 4.78 is 5.41. The predicted molar refractivity (Wildman–Crippen MR) is 96.2 cm³/mol. The molecule has 1 atom stereocenters. The van der Waals surface area contributed by atoms with Crippen molar-refractivity contribution in [2.45, 2.75) is 38.3 Å². The largest absolute Gasteiger partial charge is 0.497 e. The molecule has 23 heavy (non-hydrogen) atoms. The summed E-state index contributed by atoms with van der Waals surface area (Å²) in [7, 11) is 1.72. The molecular formula is C20H26N2O. The molecule has 1 aliphatic rings. The van der Waals surface area contributed by atoms with Crippen LogP contribution in [0.4, 0.5) is 5.69 Å². The third-order valence-electron chi connectivity index (χ3n) is 5.13. The monoisotopic (exact) mass is 310 g/mol. The Hall–Kier alpha value is -2.00. The lowest BCUT2D eigenvalue weighted by Gasteiger charge is -2.35. The quantitative estimate of drug-likeness (QED) is 0.880. The number of anilines is 1. The molecule has 0 radical (unpaired) electrons. The summed E-state index contributed by atoms with van der Waals surface area (Å²) in [5.41, 5.74) is 3.83. The molecule has 3 nitrogen and oxygen atoms in total. The number of fused-ring (bicyclic) bond motifs is 1. The van der Waals surface area contributed by atoms with Crippen LogP contribution < -0.4 is 15.4 Å². The van der Waals surface area contributed by atoms with Crippen LogP contribution in [-0.2, 0) is 0 Å². The maximum Gasteiger partial charge on any atom is 0.120 e. The molecule has 1 aliphatic heterocycles. The molecule has 2 aromatic carbocycles. The Morgan fingerprint density at radius 2 is 1.83 bits per heavy atom. The maximum absolute atomic E-state index is 5.41. The fraction of sp³-hybridized carbons (Fsp3) is 0.400. The third-order valence-corrected chi connectivity index (χ3v) is 5.13. The van der Waals surface area contributed by atoms with E-state index in [1.54, 1.807) is 7.11 Å². The van der Waals surface area contributed by atoms with Gasteiger partial charge in [0.2, 0.25) is 0 Å². The van der Waals surface area contributed by atoms with Crippen molar-refractivity contribution in [3.05, 3.63) is 59.7 Å². The number of rotatable bonds is 4. The van der Waals surface area contributed by atoms with E-state index in [2.05, 4.69) is 66.9 Å². The van der Waals surface area contributed by atoms with Crippen LogP contribution in [0.1, 0.15) is 43.9 Å². The first-order valence-corrected chi connectivity index (χ1v) is 8.46. The number of methoxy groups -OCH3 is 1. The topological polar surface area (TPSA) is 33.3 Å². The standard InChI is InChI=1S/C20H26N2O/c1-4-20(5-2)14-21-18-13-16(23-3)11-12-17(18)19(22-20)15-9-7-6-8-10-15/h6-13,19,21-22H,4-5,14H2,1-3H3. The second kappa shape index (κ2) is 6.63. The Bertz CT molecular complexity index is 650. The van der Waals surface area contributed by atoms with Gasteiger partial charge in [0.1, 0.15) is 5.75 Å². The average molecular weight is 310 g/mol. The number of nitrogens with one attached hydrogen (secondary N) is 2. The molecule has 2 N–H and O–H groups in total. The molecular weight excluding hydrogens is 284 g/mol. The van der Waals surface area contributed by atoms with Crippen LogP contribution in [0.3, 0.4) is 0 Å². The zero-order chi connectivity index (χ0) is 16.3. The van der Waals surface area contributed by atoms with E-state index in [1.165, 1.54) is 11.1 Å². The summed E-state index contributed by atoms with van der Waals surface area (Å²) in [6.07, 6.45) is 2.18. The average Bonchev–Trinajstić information content (AvgIpc) is 2.79. The van der Waals surface area contributed by atoms with Crippen LogP contribution in [-0.4, -0.2) is 19.2 Å². The lowest BCUT2D eigenvalue weighted by molar-refractivity contribution is 0.301. The van der Waals surface area contributed by atoms with Crippen molar-refractivity contribution in [2.24, 2.45) is 0 Å². The smallest absolute Gasteiger partial charge is 0.120 e. The van der Waals surface area contributed by atoms with E-state index in [1.807, 2.05) is 6.07 Å². The van der Waals surface area contributed by atoms with Crippen LogP contribution in [0.2, 0.25) is 0 Å². The Morgan fingerprint density at radius 1 is 1.09 bits per heavy atom. The third kappa shape index (κ3) is 3.06. The van der Waals surface area contributed by atoms with Crippen LogP contribution in [0, 0.1) is 0 Å². The number of hydrogen-bond acceptors (Lipinski definition) is 3. The first-order valence-electron chi connectivity index (χ1n) is 8.46. The van der Waals surface area contributed by atoms with Gasteiger partial charge in [0.05, 0.1) is 13.2 Å². The van der Waals surface area contributed by atoms with Crippen LogP contribution in [0.25, 0.3) is 0 Å². The Balaban J connectivity index is 2.09. The van der Waals surface area contributed by atoms with Crippen molar-refractivity contribution in [2.75, 3.05) is 19.0 Å². The normalized spacial score (nSPS) is 19.3. The summed E-state index contributed by atoms with van der Waals surface area (Å²) in [4.78, 5) is 0. The van der Waals surface area contributed by atoms with Crippen LogP contribution in [0.15, 0.2) is 48.5 Å². The van der Waals surface area contributed by atoms with E-state index in [0.717, 1.165) is 30.8 Å². The predicted octanol–water partition coefficient (Wildman–Crippen LogP) is 4.36. The molecule has 0 spiro atoms. The molecule has 2 aromatic rings. The fourth-order valence-corrected chi connectivity index (χ4v) is 3.38. The van der Waals surface area contributed by atoms with E-state index in [4.69, 9.17) is 4.74 Å². The van der Waals surface area contributed by atoms with Gasteiger partial charge < -0.3 is 10.1 Å². The van der Waals surface area contributed by atoms with Gasteiger partial charge in [0, 0.05) is 23.8 Å². The van der Waals surface area contributed by atoms with Gasteiger partial charge in [0.15, 0.2) is 0 Å². The minimum absolute atomic E-state index is 0.0900. The second-order valence-corrected chi connectivity index (χ2v) is 6.28. The molecule has 0 aromatic heterocycles. The van der Waals surface area contributed by atoms with E-state index >= 15 is 0 Å². The first kappa shape index (κ1) is 15.9. The minimum atomic E-state index is 0.0900. The molecule has 0 saturated carbocycles. The van der Waals surface area contributed by atoms with E-state index in [9.17, 15) is 0 Å². The first-order chi connectivity index (χ1) is 11.2. The van der Waals surface area contributed by atoms with Crippen molar-refractivity contribution < 1.29 is 4.74 Å². The lowest BCUT2D eigenvalue weighted by atomic mass is 9.90. The van der Waals surface area contributed by atoms with Gasteiger partial charge in [-0.3, -0.25) is 5.32 Å². The van der Waals surface area contributed by atoms with Crippen molar-refractivity contribution in [3.8, 4) is 5.75 Å². The van der Waals surface area contributed by atoms with Crippen molar-refractivity contribution in [1.82, 2.24) is 5.32 Å². The van der Waals surface area contributed by atoms with E-state index < -0.39 is 0 Å². The number of ether oxygens (including phenoxy) is 1. The summed E-state index contributed by atoms with van der Waals surface area (Å²) >= 11 is 0. The molecule has 3 heteroatoms. The molecule has 0 bridgehead atoms. The van der Waals surface area contributed by atoms with Crippen LogP contribution in [0.5, 0.6) is 5.75 Å². The number of benzene rings is 2. The summed E-state index contributed by atoms with van der Waals surface area (Å²) in [6, 6.07) is 17.2. The van der Waals surface area contributed by atoms with Gasteiger partial charge in [-0.1, -0.05) is 50.2 Å². The van der Waals surface area contributed by atoms with Gasteiger partial charge in [-0.2, -0.15) is 0 Å². The maximum atomic E-state index is 5.41. The SMILES string of the molecule is CCC1(CC)CNc2cc(OC)ccc2C(c2ccccc2)N1. The molecule has 3 rings (SSSR count). The molecule has 0 aliphatic carbocycles. The highest BCUT2D eigenvalue weighted by molar-refractivity contribution is 5.59. The molecule has 1 heterocycles. The molecule has 0 fully saturated rings. The van der Waals surface area contributed by atoms with Crippen molar-refractivity contribution >= 4 is 5.69 Å². The summed E-state index contributed by atoms with van der Waals surface area (Å²) in [5, 5.41) is 7.59. The van der Waals surface area contributed by atoms with Gasteiger partial charge in [-0.05, 0) is 30.0 Å². The molecule has 0 saturated heterocycles. The Kier molecular flexibility index (Phi) is 4.58. The minimum Gasteiger partial charge on any atom is -0.497 e. The van der Waals surface area contributed by atoms with Crippen molar-refractivity contribution in [1.29, 1.82) is 0 Å². The fourth-order valence-electron chi connectivity index (χ4n) is 3.38. The van der Waals surface area contributed by atoms with Crippen molar-refractivity contribution in [3.63, 3.8) is 0 Å².